The zero-order valence-corrected chi connectivity index (χ0v) is 11.1. The van der Waals surface area contributed by atoms with Crippen LogP contribution < -0.4 is 4.74 Å². The molecule has 0 heterocycles. The number of carbonyl (C=O) groups excluding carboxylic acids is 1. The van der Waals surface area contributed by atoms with Crippen LogP contribution in [0.2, 0.25) is 0 Å². The van der Waals surface area contributed by atoms with Gasteiger partial charge >= 0.3 is 0 Å². The van der Waals surface area contributed by atoms with Gasteiger partial charge in [0.25, 0.3) is 0 Å². The number of Topliss-reactive ketones (excluding diaryl/α,β-unsaturated/α-hetero) is 1. The minimum absolute atomic E-state index is 0.00767. The topological polar surface area (TPSA) is 46.5 Å². The van der Waals surface area contributed by atoms with Crippen LogP contribution in [0.3, 0.4) is 0 Å². The molecule has 0 aromatic heterocycles. The molecular formula is C17H14O3. The van der Waals surface area contributed by atoms with E-state index >= 15 is 0 Å². The summed E-state index contributed by atoms with van der Waals surface area (Å²) in [6.45, 7) is 0. The zero-order valence-electron chi connectivity index (χ0n) is 11.1. The fourth-order valence-corrected chi connectivity index (χ4v) is 2.43. The molecule has 0 fully saturated rings. The van der Waals surface area contributed by atoms with Crippen LogP contribution >= 0.6 is 0 Å². The van der Waals surface area contributed by atoms with E-state index in [1.54, 1.807) is 25.3 Å². The zero-order chi connectivity index (χ0) is 14.1. The van der Waals surface area contributed by atoms with Gasteiger partial charge in [-0.2, -0.15) is 0 Å². The largest absolute Gasteiger partial charge is 0.508 e. The molecule has 1 N–H and O–H groups in total. The summed E-state index contributed by atoms with van der Waals surface area (Å²) in [5.41, 5.74) is 2.97. The number of hydrogen-bond acceptors (Lipinski definition) is 3. The summed E-state index contributed by atoms with van der Waals surface area (Å²) >= 11 is 0. The fraction of sp³-hybridized carbons (Fsp3) is 0.118. The maximum absolute atomic E-state index is 12.3. The van der Waals surface area contributed by atoms with Gasteiger partial charge in [0.1, 0.15) is 11.5 Å². The maximum Gasteiger partial charge on any atom is 0.189 e. The third kappa shape index (κ3) is 2.07. The van der Waals surface area contributed by atoms with Gasteiger partial charge in [-0.25, -0.2) is 0 Å². The Morgan fingerprint density at radius 3 is 2.55 bits per heavy atom. The Morgan fingerprint density at radius 2 is 1.90 bits per heavy atom. The van der Waals surface area contributed by atoms with Crippen molar-refractivity contribution in [2.45, 2.75) is 6.42 Å². The first kappa shape index (κ1) is 12.5. The SMILES string of the molecule is COc1ccc(/C=C2\Cc3c(O)cccc3C2=O)cc1. The molecule has 3 heteroatoms. The molecule has 2 aromatic rings. The van der Waals surface area contributed by atoms with Crippen molar-refractivity contribution in [1.82, 2.24) is 0 Å². The van der Waals surface area contributed by atoms with E-state index in [1.807, 2.05) is 30.3 Å². The van der Waals surface area contributed by atoms with E-state index in [-0.39, 0.29) is 11.5 Å². The molecule has 0 saturated carbocycles. The molecule has 0 atom stereocenters. The van der Waals surface area contributed by atoms with Crippen molar-refractivity contribution in [3.8, 4) is 11.5 Å². The molecular weight excluding hydrogens is 252 g/mol. The van der Waals surface area contributed by atoms with Gasteiger partial charge in [-0.1, -0.05) is 24.3 Å². The minimum atomic E-state index is -0.00767. The maximum atomic E-state index is 12.3. The Morgan fingerprint density at radius 1 is 1.15 bits per heavy atom. The number of allylic oxidation sites excluding steroid dienone is 1. The third-order valence-electron chi connectivity index (χ3n) is 3.51. The Bertz CT molecular complexity index is 697. The number of ketones is 1. The number of rotatable bonds is 2. The van der Waals surface area contributed by atoms with Crippen LogP contribution in [-0.2, 0) is 6.42 Å². The Hall–Kier alpha value is -2.55. The molecule has 0 saturated heterocycles. The second-order valence-corrected chi connectivity index (χ2v) is 4.75. The lowest BCUT2D eigenvalue weighted by Crippen LogP contribution is -1.95. The lowest BCUT2D eigenvalue weighted by molar-refractivity contribution is 0.104. The molecule has 0 amide bonds. The monoisotopic (exact) mass is 266 g/mol. The first-order valence-corrected chi connectivity index (χ1v) is 6.39. The average Bonchev–Trinajstić information content (AvgIpc) is 2.79. The summed E-state index contributed by atoms with van der Waals surface area (Å²) < 4.78 is 5.11. The Balaban J connectivity index is 1.95. The highest BCUT2D eigenvalue weighted by atomic mass is 16.5. The highest BCUT2D eigenvalue weighted by Crippen LogP contribution is 2.33. The van der Waals surface area contributed by atoms with E-state index in [4.69, 9.17) is 4.74 Å². The van der Waals surface area contributed by atoms with Crippen LogP contribution in [0.5, 0.6) is 11.5 Å². The molecule has 2 aromatic carbocycles. The van der Waals surface area contributed by atoms with E-state index in [0.29, 0.717) is 17.6 Å². The second kappa shape index (κ2) is 4.85. The van der Waals surface area contributed by atoms with Gasteiger partial charge < -0.3 is 9.84 Å². The van der Waals surface area contributed by atoms with Crippen LogP contribution in [-0.4, -0.2) is 18.0 Å². The highest BCUT2D eigenvalue weighted by Gasteiger charge is 2.26. The standard InChI is InChI=1S/C17H14O3/c1-20-13-7-5-11(6-8-13)9-12-10-15-14(17(12)19)3-2-4-16(15)18/h2-9,18H,10H2,1H3/b12-9+. The molecule has 0 radical (unpaired) electrons. The van der Waals surface area contributed by atoms with E-state index in [1.165, 1.54) is 0 Å². The van der Waals surface area contributed by atoms with Crippen molar-refractivity contribution < 1.29 is 14.6 Å². The lowest BCUT2D eigenvalue weighted by atomic mass is 10.1. The summed E-state index contributed by atoms with van der Waals surface area (Å²) in [5.74, 6) is 0.964. The molecule has 0 bridgehead atoms. The number of phenols is 1. The van der Waals surface area contributed by atoms with Crippen LogP contribution in [0, 0.1) is 0 Å². The predicted octanol–water partition coefficient (Wildman–Crippen LogP) is 3.22. The Kier molecular flexibility index (Phi) is 3.03. The van der Waals surface area contributed by atoms with Gasteiger partial charge in [0.05, 0.1) is 7.11 Å². The summed E-state index contributed by atoms with van der Waals surface area (Å²) in [6.07, 6.45) is 2.34. The second-order valence-electron chi connectivity index (χ2n) is 4.75. The summed E-state index contributed by atoms with van der Waals surface area (Å²) in [4.78, 5) is 12.3. The molecule has 3 nitrogen and oxygen atoms in total. The van der Waals surface area contributed by atoms with Crippen molar-refractivity contribution in [3.63, 3.8) is 0 Å². The van der Waals surface area contributed by atoms with E-state index < -0.39 is 0 Å². The van der Waals surface area contributed by atoms with Crippen LogP contribution in [0.15, 0.2) is 48.0 Å². The smallest absolute Gasteiger partial charge is 0.189 e. The first-order chi connectivity index (χ1) is 9.69. The molecule has 0 unspecified atom stereocenters. The Labute approximate surface area is 117 Å². The van der Waals surface area contributed by atoms with Crippen molar-refractivity contribution in [2.75, 3.05) is 7.11 Å². The summed E-state index contributed by atoms with van der Waals surface area (Å²) in [7, 11) is 1.62. The average molecular weight is 266 g/mol. The number of fused-ring (bicyclic) bond motifs is 1. The molecule has 0 aliphatic heterocycles. The van der Waals surface area contributed by atoms with Crippen molar-refractivity contribution >= 4 is 11.9 Å². The number of phenolic OH excluding ortho intramolecular Hbond substituents is 1. The van der Waals surface area contributed by atoms with E-state index in [0.717, 1.165) is 16.9 Å². The summed E-state index contributed by atoms with van der Waals surface area (Å²) in [5, 5.41) is 9.81. The molecule has 1 aliphatic carbocycles. The van der Waals surface area contributed by atoms with Gasteiger partial charge in [-0.3, -0.25) is 4.79 Å². The first-order valence-electron chi connectivity index (χ1n) is 6.39. The van der Waals surface area contributed by atoms with Crippen molar-refractivity contribution in [2.24, 2.45) is 0 Å². The van der Waals surface area contributed by atoms with E-state index in [9.17, 15) is 9.90 Å². The fourth-order valence-electron chi connectivity index (χ4n) is 2.43. The number of carbonyl (C=O) groups is 1. The molecule has 0 spiro atoms. The molecule has 100 valence electrons. The number of benzene rings is 2. The quantitative estimate of drug-likeness (QED) is 0.849. The van der Waals surface area contributed by atoms with Gasteiger partial charge in [0, 0.05) is 23.1 Å². The van der Waals surface area contributed by atoms with Gasteiger partial charge in [0.2, 0.25) is 0 Å². The van der Waals surface area contributed by atoms with Gasteiger partial charge in [0.15, 0.2) is 5.78 Å². The number of ether oxygens (including phenoxy) is 1. The molecule has 20 heavy (non-hydrogen) atoms. The van der Waals surface area contributed by atoms with E-state index in [2.05, 4.69) is 0 Å². The van der Waals surface area contributed by atoms with Crippen LogP contribution in [0.4, 0.5) is 0 Å². The molecule has 1 aliphatic rings. The number of hydrogen-bond donors (Lipinski definition) is 1. The summed E-state index contributed by atoms with van der Waals surface area (Å²) in [6, 6.07) is 12.6. The van der Waals surface area contributed by atoms with Crippen molar-refractivity contribution in [1.29, 1.82) is 0 Å². The highest BCUT2D eigenvalue weighted by molar-refractivity contribution is 6.16. The van der Waals surface area contributed by atoms with Crippen LogP contribution in [0.25, 0.3) is 6.08 Å². The minimum Gasteiger partial charge on any atom is -0.508 e. The van der Waals surface area contributed by atoms with Gasteiger partial charge in [-0.15, -0.1) is 0 Å². The van der Waals surface area contributed by atoms with Crippen molar-refractivity contribution in [3.05, 3.63) is 64.7 Å². The third-order valence-corrected chi connectivity index (χ3v) is 3.51. The van der Waals surface area contributed by atoms with Gasteiger partial charge in [-0.05, 0) is 29.8 Å². The predicted molar refractivity (Wildman–Crippen MR) is 77.1 cm³/mol. The van der Waals surface area contributed by atoms with Crippen LogP contribution in [0.1, 0.15) is 21.5 Å². The number of aromatic hydroxyl groups is 1. The normalized spacial score (nSPS) is 15.4. The molecule has 3 rings (SSSR count). The number of methoxy groups -OCH3 is 1. The lowest BCUT2D eigenvalue weighted by Gasteiger charge is -2.00.